The van der Waals surface area contributed by atoms with Gasteiger partial charge in [0.2, 0.25) is 0 Å². The van der Waals surface area contributed by atoms with E-state index in [0.29, 0.717) is 11.8 Å². The molecule has 0 spiro atoms. The van der Waals surface area contributed by atoms with Gasteiger partial charge in [-0.3, -0.25) is 9.59 Å². The summed E-state index contributed by atoms with van der Waals surface area (Å²) in [6.45, 7) is 9.77. The fourth-order valence-corrected chi connectivity index (χ4v) is 8.08. The Morgan fingerprint density at radius 3 is 2.43 bits per heavy atom. The first-order valence-corrected chi connectivity index (χ1v) is 13.0. The second-order valence-electron chi connectivity index (χ2n) is 11.5. The maximum atomic E-state index is 12.3. The molecule has 6 heteroatoms. The predicted octanol–water partition coefficient (Wildman–Crippen LogP) is 5.32. The van der Waals surface area contributed by atoms with Gasteiger partial charge in [0, 0.05) is 32.3 Å². The van der Waals surface area contributed by atoms with E-state index in [1.165, 1.54) is 38.2 Å². The van der Waals surface area contributed by atoms with E-state index in [4.69, 9.17) is 14.2 Å². The SMILES string of the molecule is COC(=O)/C=C/[C@@H](C)C1=CC[C@H]2[C@@H]3CC=C4C[C@@H](OC(C)=O)CC[C@]4(C)[C@H]3[C@H](OC(C)=O)C[C@]12C. The van der Waals surface area contributed by atoms with E-state index >= 15 is 0 Å². The molecule has 0 aromatic heterocycles. The van der Waals surface area contributed by atoms with Crippen molar-refractivity contribution in [2.45, 2.75) is 85.4 Å². The van der Waals surface area contributed by atoms with Crippen LogP contribution >= 0.6 is 0 Å². The highest BCUT2D eigenvalue weighted by Crippen LogP contribution is 2.66. The van der Waals surface area contributed by atoms with E-state index in [1.54, 1.807) is 0 Å². The summed E-state index contributed by atoms with van der Waals surface area (Å²) < 4.78 is 16.5. The molecule has 0 radical (unpaired) electrons. The maximum absolute atomic E-state index is 12.3. The molecule has 0 aromatic rings. The zero-order valence-electron chi connectivity index (χ0n) is 22.0. The first-order chi connectivity index (χ1) is 16.5. The number of methoxy groups -OCH3 is 1. The molecule has 8 atom stereocenters. The van der Waals surface area contributed by atoms with E-state index in [1.807, 2.05) is 6.08 Å². The van der Waals surface area contributed by atoms with Crippen LogP contribution in [0.2, 0.25) is 0 Å². The zero-order valence-corrected chi connectivity index (χ0v) is 22.0. The Morgan fingerprint density at radius 2 is 1.77 bits per heavy atom. The van der Waals surface area contributed by atoms with Gasteiger partial charge in [0.15, 0.2) is 0 Å². The largest absolute Gasteiger partial charge is 0.466 e. The number of hydrogen-bond donors (Lipinski definition) is 0. The second-order valence-corrected chi connectivity index (χ2v) is 11.5. The highest BCUT2D eigenvalue weighted by Gasteiger charge is 2.61. The van der Waals surface area contributed by atoms with Gasteiger partial charge in [0.05, 0.1) is 7.11 Å². The number of rotatable bonds is 5. The average Bonchev–Trinajstić information content (AvgIpc) is 3.13. The lowest BCUT2D eigenvalue weighted by atomic mass is 9.46. The van der Waals surface area contributed by atoms with Gasteiger partial charge in [-0.15, -0.1) is 0 Å². The van der Waals surface area contributed by atoms with Crippen LogP contribution in [0, 0.1) is 34.5 Å². The molecule has 0 aromatic carbocycles. The van der Waals surface area contributed by atoms with Crippen molar-refractivity contribution in [1.82, 2.24) is 0 Å². The Balaban J connectivity index is 1.65. The number of ether oxygens (including phenoxy) is 3. The minimum absolute atomic E-state index is 0.0633. The molecule has 2 fully saturated rings. The van der Waals surface area contributed by atoms with E-state index in [0.717, 1.165) is 38.5 Å². The summed E-state index contributed by atoms with van der Waals surface area (Å²) in [6, 6.07) is 0. The lowest BCUT2D eigenvalue weighted by Gasteiger charge is -2.60. The van der Waals surface area contributed by atoms with Crippen LogP contribution in [-0.4, -0.2) is 37.2 Å². The minimum Gasteiger partial charge on any atom is -0.466 e. The smallest absolute Gasteiger partial charge is 0.330 e. The van der Waals surface area contributed by atoms with Crippen molar-refractivity contribution in [3.8, 4) is 0 Å². The second kappa shape index (κ2) is 9.59. The van der Waals surface area contributed by atoms with Crippen molar-refractivity contribution in [2.75, 3.05) is 7.11 Å². The number of hydrogen-bond acceptors (Lipinski definition) is 6. The fourth-order valence-electron chi connectivity index (χ4n) is 8.08. The molecule has 6 nitrogen and oxygen atoms in total. The fraction of sp³-hybridized carbons (Fsp3) is 0.690. The van der Waals surface area contributed by atoms with Gasteiger partial charge in [-0.2, -0.15) is 0 Å². The number of carbonyl (C=O) groups excluding carboxylic acids is 3. The van der Waals surface area contributed by atoms with E-state index in [-0.39, 0.29) is 52.8 Å². The van der Waals surface area contributed by atoms with E-state index < -0.39 is 0 Å². The van der Waals surface area contributed by atoms with Crippen LogP contribution in [0.5, 0.6) is 0 Å². The summed E-state index contributed by atoms with van der Waals surface area (Å²) in [5, 5.41) is 0. The van der Waals surface area contributed by atoms with Crippen molar-refractivity contribution in [3.05, 3.63) is 35.5 Å². The molecule has 0 N–H and O–H groups in total. The molecule has 4 aliphatic rings. The summed E-state index contributed by atoms with van der Waals surface area (Å²) in [5.74, 6) is 0.414. The third-order valence-electron chi connectivity index (χ3n) is 9.48. The normalized spacial score (nSPS) is 38.9. The number of carbonyl (C=O) groups is 3. The molecule has 0 heterocycles. The van der Waals surface area contributed by atoms with Crippen molar-refractivity contribution >= 4 is 17.9 Å². The molecular weight excluding hydrogens is 444 g/mol. The van der Waals surface area contributed by atoms with Crippen molar-refractivity contribution in [3.63, 3.8) is 0 Å². The Labute approximate surface area is 209 Å². The molecule has 2 saturated carbocycles. The third-order valence-corrected chi connectivity index (χ3v) is 9.48. The van der Waals surface area contributed by atoms with Crippen LogP contribution in [0.15, 0.2) is 35.5 Å². The van der Waals surface area contributed by atoms with Crippen LogP contribution < -0.4 is 0 Å². The summed E-state index contributed by atoms with van der Waals surface area (Å²) in [7, 11) is 1.39. The first kappa shape index (κ1) is 25.7. The highest BCUT2D eigenvalue weighted by molar-refractivity contribution is 5.81. The quantitative estimate of drug-likeness (QED) is 0.227. The van der Waals surface area contributed by atoms with Gasteiger partial charge in [-0.1, -0.05) is 50.1 Å². The molecule has 0 saturated heterocycles. The minimum atomic E-state index is -0.346. The van der Waals surface area contributed by atoms with Crippen LogP contribution in [0.3, 0.4) is 0 Å². The van der Waals surface area contributed by atoms with Gasteiger partial charge in [-0.25, -0.2) is 4.79 Å². The van der Waals surface area contributed by atoms with Crippen LogP contribution in [0.1, 0.15) is 73.1 Å². The maximum Gasteiger partial charge on any atom is 0.330 e. The summed E-state index contributed by atoms with van der Waals surface area (Å²) >= 11 is 0. The van der Waals surface area contributed by atoms with E-state index in [9.17, 15) is 14.4 Å². The third kappa shape index (κ3) is 4.61. The number of allylic oxidation sites excluding steroid dienone is 4. The van der Waals surface area contributed by atoms with Crippen LogP contribution in [0.25, 0.3) is 0 Å². The van der Waals surface area contributed by atoms with Gasteiger partial charge < -0.3 is 14.2 Å². The predicted molar refractivity (Wildman–Crippen MR) is 132 cm³/mol. The molecular formula is C29H40O6. The van der Waals surface area contributed by atoms with Crippen molar-refractivity contribution in [1.29, 1.82) is 0 Å². The van der Waals surface area contributed by atoms with Gasteiger partial charge in [0.25, 0.3) is 0 Å². The average molecular weight is 485 g/mol. The monoisotopic (exact) mass is 484 g/mol. The molecule has 0 bridgehead atoms. The Bertz CT molecular complexity index is 976. The molecule has 0 amide bonds. The molecule has 4 aliphatic carbocycles. The molecule has 192 valence electrons. The van der Waals surface area contributed by atoms with Crippen LogP contribution in [-0.2, 0) is 28.6 Å². The highest BCUT2D eigenvalue weighted by atomic mass is 16.5. The molecule has 0 unspecified atom stereocenters. The van der Waals surface area contributed by atoms with E-state index in [2.05, 4.69) is 32.9 Å². The zero-order chi connectivity index (χ0) is 25.5. The van der Waals surface area contributed by atoms with Gasteiger partial charge >= 0.3 is 17.9 Å². The standard InChI is InChI=1S/C29H40O6/c1-17(7-12-26(32)33-6)23-10-11-24-22-9-8-20-15-21(34-18(2)30)13-14-28(20,4)27(22)25(35-19(3)31)16-29(23,24)5/h7-8,10,12,17,21-22,24-25,27H,9,11,13-16H2,1-6H3/b12-7+/t17-,21+,22+,24+,25-,27-,28+,29-/m1/s1. The summed E-state index contributed by atoms with van der Waals surface area (Å²) in [4.78, 5) is 35.5. The lowest BCUT2D eigenvalue weighted by molar-refractivity contribution is -0.171. The molecule has 0 aliphatic heterocycles. The van der Waals surface area contributed by atoms with Crippen molar-refractivity contribution < 1.29 is 28.6 Å². The number of fused-ring (bicyclic) bond motifs is 5. The van der Waals surface area contributed by atoms with Crippen molar-refractivity contribution in [2.24, 2.45) is 34.5 Å². The summed E-state index contributed by atoms with van der Waals surface area (Å²) in [5.41, 5.74) is 2.52. The topological polar surface area (TPSA) is 78.9 Å². The Hall–Kier alpha value is -2.37. The van der Waals surface area contributed by atoms with Crippen LogP contribution in [0.4, 0.5) is 0 Å². The van der Waals surface area contributed by atoms with Gasteiger partial charge in [0.1, 0.15) is 12.2 Å². The number of esters is 3. The Morgan fingerprint density at radius 1 is 1.06 bits per heavy atom. The Kier molecular flexibility index (Phi) is 7.05. The lowest BCUT2D eigenvalue weighted by Crippen LogP contribution is -2.57. The van der Waals surface area contributed by atoms with Gasteiger partial charge in [-0.05, 0) is 60.7 Å². The summed E-state index contributed by atoms with van der Waals surface area (Å²) in [6.07, 6.45) is 13.2. The molecule has 35 heavy (non-hydrogen) atoms. The first-order valence-electron chi connectivity index (χ1n) is 13.0. The molecule has 4 rings (SSSR count).